The molecule has 0 saturated heterocycles. The van der Waals surface area contributed by atoms with E-state index in [0.29, 0.717) is 22.2 Å². The maximum absolute atomic E-state index is 11.8. The molecule has 0 spiro atoms. The van der Waals surface area contributed by atoms with Gasteiger partial charge in [0, 0.05) is 17.7 Å². The standard InChI is InChI=1S/C12H14Cl2O3/c1-8(6-16-2)17-7-12(15)10-4-3-9(13)5-11(10)14/h3-5,8H,6-7H2,1-2H3. The quantitative estimate of drug-likeness (QED) is 0.749. The molecule has 0 N–H and O–H groups in total. The summed E-state index contributed by atoms with van der Waals surface area (Å²) in [6.07, 6.45) is -0.130. The molecule has 0 bridgehead atoms. The third kappa shape index (κ3) is 4.64. The average Bonchev–Trinajstić information content (AvgIpc) is 2.26. The lowest BCUT2D eigenvalue weighted by atomic mass is 10.1. The van der Waals surface area contributed by atoms with Crippen molar-refractivity contribution in [3.05, 3.63) is 33.8 Å². The van der Waals surface area contributed by atoms with Crippen molar-refractivity contribution in [3.63, 3.8) is 0 Å². The van der Waals surface area contributed by atoms with Crippen LogP contribution in [-0.2, 0) is 9.47 Å². The summed E-state index contributed by atoms with van der Waals surface area (Å²) in [5.74, 6) is -0.172. The predicted molar refractivity (Wildman–Crippen MR) is 68.1 cm³/mol. The fourth-order valence-electron chi connectivity index (χ4n) is 1.29. The number of halogens is 2. The first kappa shape index (κ1) is 14.5. The van der Waals surface area contributed by atoms with Gasteiger partial charge in [0.25, 0.3) is 0 Å². The molecule has 0 aromatic heterocycles. The molecule has 0 radical (unpaired) electrons. The van der Waals surface area contributed by atoms with E-state index in [1.165, 1.54) is 6.07 Å². The van der Waals surface area contributed by atoms with Crippen molar-refractivity contribution in [2.75, 3.05) is 20.3 Å². The van der Waals surface area contributed by atoms with Crippen LogP contribution in [0, 0.1) is 0 Å². The molecule has 1 aromatic carbocycles. The highest BCUT2D eigenvalue weighted by Crippen LogP contribution is 2.21. The molecule has 1 aromatic rings. The second-order valence-electron chi connectivity index (χ2n) is 3.62. The Hall–Kier alpha value is -0.610. The number of hydrogen-bond acceptors (Lipinski definition) is 3. The first-order valence-electron chi connectivity index (χ1n) is 5.13. The number of Topliss-reactive ketones (excluding diaryl/α,β-unsaturated/α-hetero) is 1. The maximum atomic E-state index is 11.8. The van der Waals surface area contributed by atoms with Gasteiger partial charge in [-0.3, -0.25) is 4.79 Å². The first-order valence-corrected chi connectivity index (χ1v) is 5.89. The molecule has 94 valence electrons. The van der Waals surface area contributed by atoms with E-state index in [0.717, 1.165) is 0 Å². The van der Waals surface area contributed by atoms with Crippen LogP contribution in [0.25, 0.3) is 0 Å². The SMILES string of the molecule is COCC(C)OCC(=O)c1ccc(Cl)cc1Cl. The van der Waals surface area contributed by atoms with Gasteiger partial charge in [-0.1, -0.05) is 23.2 Å². The Morgan fingerprint density at radius 3 is 2.71 bits per heavy atom. The van der Waals surface area contributed by atoms with Crippen LogP contribution in [0.2, 0.25) is 10.0 Å². The van der Waals surface area contributed by atoms with E-state index in [-0.39, 0.29) is 18.5 Å². The Kier molecular flexibility index (Phi) is 5.92. The second kappa shape index (κ2) is 6.97. The average molecular weight is 277 g/mol. The van der Waals surface area contributed by atoms with E-state index in [9.17, 15) is 4.79 Å². The highest BCUT2D eigenvalue weighted by molar-refractivity contribution is 6.36. The molecule has 1 rings (SSSR count). The number of rotatable bonds is 6. The first-order chi connectivity index (χ1) is 8.04. The van der Waals surface area contributed by atoms with E-state index >= 15 is 0 Å². The Balaban J connectivity index is 2.58. The van der Waals surface area contributed by atoms with Gasteiger partial charge in [0.1, 0.15) is 6.61 Å². The van der Waals surface area contributed by atoms with Crippen molar-refractivity contribution in [1.29, 1.82) is 0 Å². The van der Waals surface area contributed by atoms with Gasteiger partial charge in [0.05, 0.1) is 17.7 Å². The molecule has 1 unspecified atom stereocenters. The van der Waals surface area contributed by atoms with Crippen LogP contribution in [0.1, 0.15) is 17.3 Å². The molecule has 0 aliphatic heterocycles. The highest BCUT2D eigenvalue weighted by atomic mass is 35.5. The minimum Gasteiger partial charge on any atom is -0.382 e. The van der Waals surface area contributed by atoms with Gasteiger partial charge in [-0.15, -0.1) is 0 Å². The molecule has 17 heavy (non-hydrogen) atoms. The molecule has 0 aliphatic rings. The van der Waals surface area contributed by atoms with Crippen molar-refractivity contribution >= 4 is 29.0 Å². The van der Waals surface area contributed by atoms with Gasteiger partial charge in [-0.05, 0) is 25.1 Å². The second-order valence-corrected chi connectivity index (χ2v) is 4.47. The van der Waals surface area contributed by atoms with E-state index in [1.54, 1.807) is 19.2 Å². The Morgan fingerprint density at radius 1 is 1.41 bits per heavy atom. The minimum absolute atomic E-state index is 0.0219. The molecule has 0 fully saturated rings. The maximum Gasteiger partial charge on any atom is 0.189 e. The number of hydrogen-bond donors (Lipinski definition) is 0. The van der Waals surface area contributed by atoms with Gasteiger partial charge in [-0.25, -0.2) is 0 Å². The lowest BCUT2D eigenvalue weighted by Gasteiger charge is -2.11. The largest absolute Gasteiger partial charge is 0.382 e. The number of carbonyl (C=O) groups is 1. The van der Waals surface area contributed by atoms with E-state index in [2.05, 4.69) is 0 Å². The zero-order valence-corrected chi connectivity index (χ0v) is 11.2. The van der Waals surface area contributed by atoms with Gasteiger partial charge >= 0.3 is 0 Å². The Bertz CT molecular complexity index is 393. The van der Waals surface area contributed by atoms with Gasteiger partial charge < -0.3 is 9.47 Å². The summed E-state index contributed by atoms with van der Waals surface area (Å²) in [6, 6.07) is 4.76. The van der Waals surface area contributed by atoms with E-state index in [1.807, 2.05) is 6.92 Å². The summed E-state index contributed by atoms with van der Waals surface area (Å²) in [7, 11) is 1.58. The zero-order chi connectivity index (χ0) is 12.8. The van der Waals surface area contributed by atoms with Crippen LogP contribution in [0.3, 0.4) is 0 Å². The van der Waals surface area contributed by atoms with Gasteiger partial charge in [0.2, 0.25) is 0 Å². The number of ether oxygens (including phenoxy) is 2. The minimum atomic E-state index is -0.172. The fourth-order valence-corrected chi connectivity index (χ4v) is 1.81. The van der Waals surface area contributed by atoms with E-state index in [4.69, 9.17) is 32.7 Å². The smallest absolute Gasteiger partial charge is 0.189 e. The van der Waals surface area contributed by atoms with Crippen LogP contribution < -0.4 is 0 Å². The number of ketones is 1. The molecule has 0 saturated carbocycles. The zero-order valence-electron chi connectivity index (χ0n) is 9.70. The van der Waals surface area contributed by atoms with Gasteiger partial charge in [-0.2, -0.15) is 0 Å². The monoisotopic (exact) mass is 276 g/mol. The molecule has 0 heterocycles. The Morgan fingerprint density at radius 2 is 2.12 bits per heavy atom. The Labute approximate surface area is 111 Å². The van der Waals surface area contributed by atoms with Crippen LogP contribution in [0.5, 0.6) is 0 Å². The molecule has 5 heteroatoms. The lowest BCUT2D eigenvalue weighted by molar-refractivity contribution is 0.0125. The van der Waals surface area contributed by atoms with Crippen molar-refractivity contribution in [2.45, 2.75) is 13.0 Å². The third-order valence-electron chi connectivity index (χ3n) is 2.13. The summed E-state index contributed by atoms with van der Waals surface area (Å²) in [4.78, 5) is 11.8. The van der Waals surface area contributed by atoms with Crippen LogP contribution in [0.4, 0.5) is 0 Å². The summed E-state index contributed by atoms with van der Waals surface area (Å²) < 4.78 is 10.2. The molecule has 0 aliphatic carbocycles. The van der Waals surface area contributed by atoms with Crippen LogP contribution >= 0.6 is 23.2 Å². The number of carbonyl (C=O) groups excluding carboxylic acids is 1. The van der Waals surface area contributed by atoms with Crippen molar-refractivity contribution < 1.29 is 14.3 Å². The predicted octanol–water partition coefficient (Wildman–Crippen LogP) is 3.23. The van der Waals surface area contributed by atoms with Crippen LogP contribution in [-0.4, -0.2) is 32.2 Å². The van der Waals surface area contributed by atoms with Gasteiger partial charge in [0.15, 0.2) is 5.78 Å². The normalized spacial score (nSPS) is 12.5. The summed E-state index contributed by atoms with van der Waals surface area (Å²) in [5, 5.41) is 0.839. The molecular weight excluding hydrogens is 263 g/mol. The van der Waals surface area contributed by atoms with Crippen LogP contribution in [0.15, 0.2) is 18.2 Å². The summed E-state index contributed by atoms with van der Waals surface area (Å²) >= 11 is 11.7. The topological polar surface area (TPSA) is 35.5 Å². The molecule has 1 atom stereocenters. The van der Waals surface area contributed by atoms with Crippen molar-refractivity contribution in [3.8, 4) is 0 Å². The van der Waals surface area contributed by atoms with Crippen molar-refractivity contribution in [1.82, 2.24) is 0 Å². The molecular formula is C12H14Cl2O3. The fraction of sp³-hybridized carbons (Fsp3) is 0.417. The van der Waals surface area contributed by atoms with E-state index < -0.39 is 0 Å². The molecule has 0 amide bonds. The number of benzene rings is 1. The number of methoxy groups -OCH3 is 1. The molecule has 3 nitrogen and oxygen atoms in total. The third-order valence-corrected chi connectivity index (χ3v) is 2.68. The summed E-state index contributed by atoms with van der Waals surface area (Å²) in [5.41, 5.74) is 0.417. The van der Waals surface area contributed by atoms with Crippen molar-refractivity contribution in [2.24, 2.45) is 0 Å². The highest BCUT2D eigenvalue weighted by Gasteiger charge is 2.12. The summed E-state index contributed by atoms with van der Waals surface area (Å²) in [6.45, 7) is 2.26. The lowest BCUT2D eigenvalue weighted by Crippen LogP contribution is -2.20.